The topological polar surface area (TPSA) is 87.6 Å². The Morgan fingerprint density at radius 2 is 2.29 bits per heavy atom. The molecule has 2 heterocycles. The van der Waals surface area contributed by atoms with Crippen molar-refractivity contribution in [3.05, 3.63) is 22.3 Å². The molecular weight excluding hydrogens is 360 g/mol. The molecule has 0 radical (unpaired) electrons. The van der Waals surface area contributed by atoms with Gasteiger partial charge in [-0.3, -0.25) is 14.5 Å². The number of carboxylic acids is 1. The average molecular weight is 373 g/mol. The molecule has 1 fully saturated rings. The number of nitrogens with zero attached hydrogens (tertiary/aromatic N) is 2. The number of carboxylic acid groups (broad SMARTS) is 1. The zero-order chi connectivity index (χ0) is 15.6. The van der Waals surface area contributed by atoms with Crippen molar-refractivity contribution in [3.63, 3.8) is 0 Å². The Bertz CT molecular complexity index is 608. The van der Waals surface area contributed by atoms with Crippen LogP contribution in [0, 0.1) is 5.92 Å². The summed E-state index contributed by atoms with van der Waals surface area (Å²) in [5.41, 5.74) is 0.0564. The zero-order valence-electron chi connectivity index (χ0n) is 11.2. The highest BCUT2D eigenvalue weighted by atomic mass is 79.9. The lowest BCUT2D eigenvalue weighted by atomic mass is 10.1. The van der Waals surface area contributed by atoms with Crippen molar-refractivity contribution in [1.82, 2.24) is 4.98 Å². The molecule has 1 saturated heterocycles. The highest BCUT2D eigenvalue weighted by molar-refractivity contribution is 9.10. The Balaban J connectivity index is 2.13. The van der Waals surface area contributed by atoms with Gasteiger partial charge >= 0.3 is 5.97 Å². The number of amides is 1. The first-order valence-electron chi connectivity index (χ1n) is 6.21. The molecule has 1 aliphatic heterocycles. The smallest absolute Gasteiger partial charge is 0.337 e. The minimum atomic E-state index is -1.07. The van der Waals surface area contributed by atoms with Gasteiger partial charge in [0, 0.05) is 31.8 Å². The zero-order valence-corrected chi connectivity index (χ0v) is 13.6. The van der Waals surface area contributed by atoms with Gasteiger partial charge < -0.3 is 5.11 Å². The number of carbonyl (C=O) groups excluding carboxylic acids is 2. The van der Waals surface area contributed by atoms with Crippen molar-refractivity contribution >= 4 is 50.5 Å². The first kappa shape index (κ1) is 16.0. The number of anilines is 1. The van der Waals surface area contributed by atoms with Gasteiger partial charge in [0.15, 0.2) is 5.12 Å². The van der Waals surface area contributed by atoms with E-state index >= 15 is 0 Å². The van der Waals surface area contributed by atoms with Gasteiger partial charge in [-0.15, -0.1) is 0 Å². The van der Waals surface area contributed by atoms with Gasteiger partial charge in [0.1, 0.15) is 5.82 Å². The van der Waals surface area contributed by atoms with E-state index in [1.165, 1.54) is 35.8 Å². The van der Waals surface area contributed by atoms with Crippen LogP contribution in [-0.4, -0.2) is 39.4 Å². The molecule has 8 heteroatoms. The summed E-state index contributed by atoms with van der Waals surface area (Å²) in [5, 5.41) is 8.94. The highest BCUT2D eigenvalue weighted by Gasteiger charge is 2.32. The first-order chi connectivity index (χ1) is 9.88. The van der Waals surface area contributed by atoms with E-state index in [-0.39, 0.29) is 22.5 Å². The lowest BCUT2D eigenvalue weighted by molar-refractivity contribution is -0.117. The Kier molecular flexibility index (Phi) is 5.00. The fraction of sp³-hybridized carbons (Fsp3) is 0.385. The minimum absolute atomic E-state index is 0.0333. The lowest BCUT2D eigenvalue weighted by Crippen LogP contribution is -2.26. The Morgan fingerprint density at radius 1 is 1.57 bits per heavy atom. The molecule has 0 saturated carbocycles. The number of carbonyl (C=O) groups is 3. The number of hydrogen-bond donors (Lipinski definition) is 1. The number of aromatic nitrogens is 1. The monoisotopic (exact) mass is 372 g/mol. The molecule has 1 amide bonds. The van der Waals surface area contributed by atoms with Crippen molar-refractivity contribution in [1.29, 1.82) is 0 Å². The summed E-state index contributed by atoms with van der Waals surface area (Å²) in [6.07, 6.45) is 1.60. The van der Waals surface area contributed by atoms with Crippen LogP contribution in [0.5, 0.6) is 0 Å². The number of thioether (sulfide) groups is 1. The second kappa shape index (κ2) is 6.57. The molecule has 0 spiro atoms. The molecule has 1 N–H and O–H groups in total. The molecule has 2 rings (SSSR count). The van der Waals surface area contributed by atoms with Crippen molar-refractivity contribution in [2.45, 2.75) is 13.3 Å². The average Bonchev–Trinajstić information content (AvgIpc) is 2.77. The Labute approximate surface area is 134 Å². The van der Waals surface area contributed by atoms with Crippen LogP contribution < -0.4 is 4.90 Å². The molecule has 0 aliphatic carbocycles. The summed E-state index contributed by atoms with van der Waals surface area (Å²) >= 11 is 4.47. The summed E-state index contributed by atoms with van der Waals surface area (Å²) in [6, 6.07) is 1.43. The number of halogens is 1. The van der Waals surface area contributed by atoms with Crippen LogP contribution in [-0.2, 0) is 9.59 Å². The molecular formula is C13H13BrN2O4S. The van der Waals surface area contributed by atoms with E-state index in [9.17, 15) is 14.4 Å². The third-order valence-electron chi connectivity index (χ3n) is 3.05. The predicted octanol–water partition coefficient (Wildman–Crippen LogP) is 2.17. The number of hydrogen-bond acceptors (Lipinski definition) is 5. The molecule has 1 aromatic rings. The predicted molar refractivity (Wildman–Crippen MR) is 82.5 cm³/mol. The molecule has 21 heavy (non-hydrogen) atoms. The van der Waals surface area contributed by atoms with Crippen molar-refractivity contribution in [3.8, 4) is 0 Å². The number of rotatable bonds is 4. The van der Waals surface area contributed by atoms with Crippen molar-refractivity contribution < 1.29 is 19.5 Å². The SMILES string of the molecule is CC(=O)SCC1CC(=O)N(c2ncc(C(=O)O)cc2Br)C1. The molecule has 112 valence electrons. The van der Waals surface area contributed by atoms with Crippen LogP contribution in [0.25, 0.3) is 0 Å². The van der Waals surface area contributed by atoms with Crippen molar-refractivity contribution in [2.24, 2.45) is 5.92 Å². The summed E-state index contributed by atoms with van der Waals surface area (Å²) in [4.78, 5) is 39.5. The van der Waals surface area contributed by atoms with Gasteiger partial charge in [0.25, 0.3) is 0 Å². The van der Waals surface area contributed by atoms with Gasteiger partial charge in [0.2, 0.25) is 5.91 Å². The van der Waals surface area contributed by atoms with E-state index in [1.807, 2.05) is 0 Å². The van der Waals surface area contributed by atoms with Crippen LogP contribution in [0.15, 0.2) is 16.7 Å². The Hall–Kier alpha value is -1.41. The van der Waals surface area contributed by atoms with E-state index in [1.54, 1.807) is 0 Å². The van der Waals surface area contributed by atoms with Crippen LogP contribution in [0.3, 0.4) is 0 Å². The summed E-state index contributed by atoms with van der Waals surface area (Å²) in [5.74, 6) is -0.0270. The summed E-state index contributed by atoms with van der Waals surface area (Å²) in [6.45, 7) is 1.99. The van der Waals surface area contributed by atoms with Crippen LogP contribution in [0.2, 0.25) is 0 Å². The van der Waals surface area contributed by atoms with E-state index in [0.717, 1.165) is 0 Å². The van der Waals surface area contributed by atoms with E-state index in [4.69, 9.17) is 5.11 Å². The maximum absolute atomic E-state index is 12.1. The summed E-state index contributed by atoms with van der Waals surface area (Å²) in [7, 11) is 0. The fourth-order valence-electron chi connectivity index (χ4n) is 2.08. The van der Waals surface area contributed by atoms with Gasteiger partial charge in [0.05, 0.1) is 10.0 Å². The van der Waals surface area contributed by atoms with Crippen LogP contribution in [0.1, 0.15) is 23.7 Å². The van der Waals surface area contributed by atoms with Gasteiger partial charge in [-0.1, -0.05) is 11.8 Å². The molecule has 0 aromatic carbocycles. The third kappa shape index (κ3) is 3.82. The molecule has 6 nitrogen and oxygen atoms in total. The van der Waals surface area contributed by atoms with Crippen molar-refractivity contribution in [2.75, 3.05) is 17.2 Å². The van der Waals surface area contributed by atoms with Crippen LogP contribution >= 0.6 is 27.7 Å². The van der Waals surface area contributed by atoms with Gasteiger partial charge in [-0.2, -0.15) is 0 Å². The molecule has 1 unspecified atom stereocenters. The first-order valence-corrected chi connectivity index (χ1v) is 7.99. The molecule has 1 atom stereocenters. The largest absolute Gasteiger partial charge is 0.478 e. The summed E-state index contributed by atoms with van der Waals surface area (Å²) < 4.78 is 0.468. The molecule has 0 bridgehead atoms. The molecule has 1 aliphatic rings. The van der Waals surface area contributed by atoms with Gasteiger partial charge in [-0.25, -0.2) is 9.78 Å². The van der Waals surface area contributed by atoms with E-state index < -0.39 is 5.97 Å². The third-order valence-corrected chi connectivity index (χ3v) is 4.68. The Morgan fingerprint density at radius 3 is 2.86 bits per heavy atom. The standard InChI is InChI=1S/C13H13BrN2O4S/c1-7(17)21-6-8-2-11(18)16(5-8)12-10(14)3-9(4-15-12)13(19)20/h3-4,8H,2,5-6H2,1H3,(H,19,20). The van der Waals surface area contributed by atoms with E-state index in [0.29, 0.717) is 29.0 Å². The van der Waals surface area contributed by atoms with Gasteiger partial charge in [-0.05, 0) is 27.9 Å². The highest BCUT2D eigenvalue weighted by Crippen LogP contribution is 2.31. The number of pyridine rings is 1. The maximum atomic E-state index is 12.1. The second-order valence-electron chi connectivity index (χ2n) is 4.71. The lowest BCUT2D eigenvalue weighted by Gasteiger charge is -2.17. The normalized spacial score (nSPS) is 18.1. The van der Waals surface area contributed by atoms with Crippen LogP contribution in [0.4, 0.5) is 5.82 Å². The second-order valence-corrected chi connectivity index (χ2v) is 6.76. The fourth-order valence-corrected chi connectivity index (χ4v) is 3.34. The molecule has 1 aromatic heterocycles. The van der Waals surface area contributed by atoms with E-state index in [2.05, 4.69) is 20.9 Å². The number of aromatic carboxylic acids is 1. The maximum Gasteiger partial charge on any atom is 0.337 e. The quantitative estimate of drug-likeness (QED) is 0.871. The minimum Gasteiger partial charge on any atom is -0.478 e.